The second-order valence-electron chi connectivity index (χ2n) is 10.5. The third-order valence-electron chi connectivity index (χ3n) is 6.96. The Morgan fingerprint density at radius 2 is 1.52 bits per heavy atom. The lowest BCUT2D eigenvalue weighted by atomic mass is 10.2. The van der Waals surface area contributed by atoms with Crippen molar-refractivity contribution < 1.29 is 28.4 Å². The minimum absolute atomic E-state index is 0.00408. The average molecular weight is 644 g/mol. The van der Waals surface area contributed by atoms with Crippen molar-refractivity contribution in [3.8, 4) is 0 Å². The van der Waals surface area contributed by atoms with E-state index in [1.54, 1.807) is 24.2 Å². The van der Waals surface area contributed by atoms with Crippen LogP contribution in [0, 0.1) is 0 Å². The third kappa shape index (κ3) is 6.67. The van der Waals surface area contributed by atoms with Crippen LogP contribution in [-0.2, 0) is 31.7 Å². The summed E-state index contributed by atoms with van der Waals surface area (Å²) >= 11 is 6.00. The van der Waals surface area contributed by atoms with E-state index >= 15 is 0 Å². The van der Waals surface area contributed by atoms with Crippen molar-refractivity contribution in [3.05, 3.63) is 28.2 Å². The lowest BCUT2D eigenvalue weighted by Gasteiger charge is -2.23. The molecule has 0 radical (unpaired) electrons. The van der Waals surface area contributed by atoms with Crippen molar-refractivity contribution in [1.29, 1.82) is 0 Å². The van der Waals surface area contributed by atoms with Gasteiger partial charge in [0.15, 0.2) is 29.6 Å². The van der Waals surface area contributed by atoms with Crippen LogP contribution in [-0.4, -0.2) is 81.2 Å². The number of hydrogen-bond acceptors (Lipinski definition) is 13. The molecule has 6 rings (SSSR count). The van der Waals surface area contributed by atoms with Crippen LogP contribution in [0.25, 0.3) is 22.3 Å². The monoisotopic (exact) mass is 643 g/mol. The maximum Gasteiger partial charge on any atom is 0.280 e. The summed E-state index contributed by atoms with van der Waals surface area (Å²) in [7, 11) is -6.71. The van der Waals surface area contributed by atoms with E-state index in [1.165, 1.54) is 6.33 Å². The number of fused-ring (bicyclic) bond motifs is 2. The summed E-state index contributed by atoms with van der Waals surface area (Å²) < 4.78 is 37.7. The number of nitrogen functional groups attached to an aromatic ring is 2. The first-order valence-corrected chi connectivity index (χ1v) is 17.6. The lowest BCUT2D eigenvalue weighted by Crippen LogP contribution is -2.21. The zero-order valence-electron chi connectivity index (χ0n) is 22.7. The van der Waals surface area contributed by atoms with Crippen molar-refractivity contribution in [1.82, 2.24) is 39.0 Å². The number of aromatic amines is 1. The van der Waals surface area contributed by atoms with E-state index in [0.29, 0.717) is 29.8 Å². The maximum absolute atomic E-state index is 12.1. The third-order valence-corrected chi connectivity index (χ3v) is 10.1. The Kier molecular flexibility index (Phi) is 8.47. The number of ether oxygens (including phenoxy) is 2. The molecule has 4 aromatic rings. The van der Waals surface area contributed by atoms with Gasteiger partial charge in [0.2, 0.25) is 11.9 Å². The van der Waals surface area contributed by atoms with E-state index in [0.717, 1.165) is 12.8 Å². The van der Waals surface area contributed by atoms with Crippen LogP contribution < -0.4 is 21.9 Å². The van der Waals surface area contributed by atoms with Gasteiger partial charge >= 0.3 is 0 Å². The highest BCUT2D eigenvalue weighted by molar-refractivity contribution is 7.62. The molecule has 2 saturated heterocycles. The highest BCUT2D eigenvalue weighted by atomic mass is 35.5. The molecule has 0 amide bonds. The van der Waals surface area contributed by atoms with E-state index in [1.807, 2.05) is 4.57 Å². The minimum atomic E-state index is -4.49. The number of nitrogens with one attached hydrogen (secondary N) is 1. The Morgan fingerprint density at radius 3 is 2.07 bits per heavy atom. The Hall–Kier alpha value is -2.91. The van der Waals surface area contributed by atoms with Crippen LogP contribution in [0.15, 0.2) is 17.4 Å². The maximum atomic E-state index is 12.1. The second kappa shape index (κ2) is 11.6. The quantitative estimate of drug-likeness (QED) is 0.168. The summed E-state index contributed by atoms with van der Waals surface area (Å²) in [6.07, 6.45) is 5.03. The summed E-state index contributed by atoms with van der Waals surface area (Å²) in [6, 6.07) is 0. The van der Waals surface area contributed by atoms with Gasteiger partial charge in [-0.25, -0.2) is 9.97 Å². The lowest BCUT2D eigenvalue weighted by molar-refractivity contribution is -0.204. The summed E-state index contributed by atoms with van der Waals surface area (Å²) in [5.41, 5.74) is 12.2. The number of rotatable bonds is 6. The fraction of sp³-hybridized carbons (Fsp3) is 0.545. The molecule has 228 valence electrons. The molecule has 1 unspecified atom stereocenters. The van der Waals surface area contributed by atoms with Gasteiger partial charge in [0.1, 0.15) is 24.3 Å². The predicted molar refractivity (Wildman–Crippen MR) is 152 cm³/mol. The first kappa shape index (κ1) is 30.5. The topological polar surface area (TPSA) is 255 Å². The van der Waals surface area contributed by atoms with Gasteiger partial charge in [-0.2, -0.15) is 15.0 Å². The Balaban J connectivity index is 0.000000168. The Morgan fingerprint density at radius 1 is 0.976 bits per heavy atom. The second-order valence-corrected chi connectivity index (χ2v) is 16.0. The van der Waals surface area contributed by atoms with Crippen LogP contribution in [0.2, 0.25) is 5.15 Å². The van der Waals surface area contributed by atoms with E-state index in [9.17, 15) is 18.8 Å². The number of aromatic nitrogens is 8. The minimum Gasteiger partial charge on any atom is -0.777 e. The van der Waals surface area contributed by atoms with Gasteiger partial charge in [-0.1, -0.05) is 11.6 Å². The summed E-state index contributed by atoms with van der Waals surface area (Å²) in [6.45, 7) is 4.38. The van der Waals surface area contributed by atoms with Gasteiger partial charge in [0, 0.05) is 0 Å². The first-order valence-electron chi connectivity index (χ1n) is 12.9. The Labute approximate surface area is 243 Å². The highest BCUT2D eigenvalue weighted by Crippen LogP contribution is 2.49. The number of nitrogens with two attached hydrogens (primary N) is 2. The molecule has 6 heterocycles. The number of H-pyrrole nitrogens is 1. The number of anilines is 2. The molecule has 2 aliphatic rings. The molecule has 0 spiro atoms. The summed E-state index contributed by atoms with van der Waals surface area (Å²) in [4.78, 5) is 54.2. The van der Waals surface area contributed by atoms with E-state index in [2.05, 4.69) is 29.9 Å². The van der Waals surface area contributed by atoms with E-state index in [-0.39, 0.29) is 47.5 Å². The molecule has 0 aromatic carbocycles. The van der Waals surface area contributed by atoms with Gasteiger partial charge in [0.25, 0.3) is 5.56 Å². The fourth-order valence-corrected chi connectivity index (χ4v) is 7.20. The SMILES string of the molecule is CP(C)(=O)[C@@H]1CC[C@@H](Cn2cnc3c(Cl)nc(N)nc32)O1.Nc1nc2c(ncn2C[C@@H]2CC[C@@H](P(=O)([O-])O)O2)c(=O)[nH]1. The molecule has 0 bridgehead atoms. The van der Waals surface area contributed by atoms with Gasteiger partial charge in [-0.05, 0) is 39.0 Å². The average Bonchev–Trinajstić information content (AvgIpc) is 3.67. The number of imidazole rings is 2. The molecule has 0 aliphatic carbocycles. The molecule has 20 heteroatoms. The standard InChI is InChI=1S/C12H17ClN5O2P.C10H14N5O5P/c1-21(2,19)8-4-3-7(20-8)5-18-6-15-9-10(13)16-12(14)17-11(9)18;11-10-13-8-7(9(16)14-10)12-4-15(8)3-5-1-2-6(20-5)21(17,18)19/h6-8H,3-5H2,1-2H3,(H2,14,16,17);4-6H,1-3H2,(H2,17,18,19)(H3,11,13,14,16)/p-1/t7-,8+;5-,6+/m00/s1. The molecular weight excluding hydrogens is 614 g/mol. The van der Waals surface area contributed by atoms with Crippen LogP contribution in [0.4, 0.5) is 11.9 Å². The molecule has 2 fully saturated rings. The molecule has 42 heavy (non-hydrogen) atoms. The normalized spacial score (nSPS) is 24.1. The molecule has 17 nitrogen and oxygen atoms in total. The molecular formula is C22H30ClN10O7P2-. The van der Waals surface area contributed by atoms with Crippen LogP contribution in [0.5, 0.6) is 0 Å². The van der Waals surface area contributed by atoms with Crippen molar-refractivity contribution >= 4 is 60.6 Å². The van der Waals surface area contributed by atoms with Crippen molar-refractivity contribution in [2.24, 2.45) is 0 Å². The van der Waals surface area contributed by atoms with Crippen molar-refractivity contribution in [2.45, 2.75) is 62.7 Å². The van der Waals surface area contributed by atoms with Crippen molar-refractivity contribution in [2.75, 3.05) is 24.8 Å². The smallest absolute Gasteiger partial charge is 0.280 e. The van der Waals surface area contributed by atoms with Gasteiger partial charge in [0.05, 0.1) is 38.0 Å². The van der Waals surface area contributed by atoms with E-state index < -0.39 is 32.2 Å². The number of halogens is 1. The predicted octanol–water partition coefficient (Wildman–Crippen LogP) is 0.942. The molecule has 4 aromatic heterocycles. The van der Waals surface area contributed by atoms with E-state index in [4.69, 9.17) is 37.4 Å². The summed E-state index contributed by atoms with van der Waals surface area (Å²) in [5, 5.41) is 0.244. The zero-order valence-corrected chi connectivity index (χ0v) is 25.2. The fourth-order valence-electron chi connectivity index (χ4n) is 4.94. The molecule has 6 N–H and O–H groups in total. The van der Waals surface area contributed by atoms with Crippen molar-refractivity contribution in [3.63, 3.8) is 0 Å². The Bertz CT molecular complexity index is 1770. The largest absolute Gasteiger partial charge is 0.777 e. The van der Waals surface area contributed by atoms with Crippen LogP contribution in [0.1, 0.15) is 25.7 Å². The molecule has 5 atom stereocenters. The first-order chi connectivity index (χ1) is 19.7. The highest BCUT2D eigenvalue weighted by Gasteiger charge is 2.34. The number of nitrogens with zero attached hydrogens (tertiary/aromatic N) is 7. The van der Waals surface area contributed by atoms with Gasteiger partial charge < -0.3 is 49.0 Å². The zero-order chi connectivity index (χ0) is 30.4. The summed E-state index contributed by atoms with van der Waals surface area (Å²) in [5.74, 6) is -1.25. The van der Waals surface area contributed by atoms with Crippen LogP contribution in [0.3, 0.4) is 0 Å². The number of hydrogen-bond donors (Lipinski definition) is 4. The molecule has 0 saturated carbocycles. The van der Waals surface area contributed by atoms with Crippen LogP contribution >= 0.6 is 26.3 Å². The van der Waals surface area contributed by atoms with Gasteiger partial charge in [-0.3, -0.25) is 9.78 Å². The molecule has 2 aliphatic heterocycles. The van der Waals surface area contributed by atoms with Gasteiger partial charge in [-0.15, -0.1) is 0 Å².